The van der Waals surface area contributed by atoms with Gasteiger partial charge in [-0.1, -0.05) is 18.2 Å². The third-order valence-corrected chi connectivity index (χ3v) is 6.87. The van der Waals surface area contributed by atoms with E-state index in [9.17, 15) is 14.4 Å². The van der Waals surface area contributed by atoms with Gasteiger partial charge in [0, 0.05) is 29.3 Å². The predicted octanol–water partition coefficient (Wildman–Crippen LogP) is 4.42. The van der Waals surface area contributed by atoms with Gasteiger partial charge in [0.15, 0.2) is 17.3 Å². The highest BCUT2D eigenvalue weighted by Crippen LogP contribution is 2.46. The maximum Gasteiger partial charge on any atom is 0.337 e. The second kappa shape index (κ2) is 10.9. The van der Waals surface area contributed by atoms with E-state index in [-0.39, 0.29) is 24.7 Å². The predicted molar refractivity (Wildman–Crippen MR) is 137 cm³/mol. The number of nitrogens with one attached hydrogen (secondary N) is 1. The Labute approximate surface area is 216 Å². The van der Waals surface area contributed by atoms with Gasteiger partial charge in [0.05, 0.1) is 39.1 Å². The molecule has 1 heterocycles. The summed E-state index contributed by atoms with van der Waals surface area (Å²) in [4.78, 5) is 38.7. The first kappa shape index (κ1) is 26.0. The Bertz CT molecular complexity index is 1290. The van der Waals surface area contributed by atoms with Crippen LogP contribution in [0.2, 0.25) is 0 Å². The molecule has 0 unspecified atom stereocenters. The summed E-state index contributed by atoms with van der Waals surface area (Å²) in [6.45, 7) is 3.77. The first-order valence-electron chi connectivity index (χ1n) is 12.1. The van der Waals surface area contributed by atoms with Gasteiger partial charge in [-0.25, -0.2) is 9.59 Å². The average Bonchev–Trinajstić information content (AvgIpc) is 2.91. The van der Waals surface area contributed by atoms with Crippen molar-refractivity contribution < 1.29 is 33.3 Å². The average molecular weight is 506 g/mol. The summed E-state index contributed by atoms with van der Waals surface area (Å²) in [6, 6.07) is 12.5. The monoisotopic (exact) mass is 505 g/mol. The maximum atomic E-state index is 13.7. The van der Waals surface area contributed by atoms with E-state index in [1.54, 1.807) is 45.4 Å². The number of benzene rings is 2. The third kappa shape index (κ3) is 4.96. The number of ether oxygens (including phenoxy) is 4. The fourth-order valence-electron chi connectivity index (χ4n) is 5.12. The first-order valence-corrected chi connectivity index (χ1v) is 12.1. The van der Waals surface area contributed by atoms with Gasteiger partial charge in [-0.15, -0.1) is 0 Å². The topological polar surface area (TPSA) is 100 Å². The highest BCUT2D eigenvalue weighted by molar-refractivity contribution is 6.04. The van der Waals surface area contributed by atoms with Gasteiger partial charge in [-0.2, -0.15) is 0 Å². The molecule has 0 saturated heterocycles. The van der Waals surface area contributed by atoms with Crippen LogP contribution in [0.3, 0.4) is 0 Å². The van der Waals surface area contributed by atoms with Crippen LogP contribution in [0.25, 0.3) is 0 Å². The van der Waals surface area contributed by atoms with Crippen molar-refractivity contribution in [3.8, 4) is 11.5 Å². The summed E-state index contributed by atoms with van der Waals surface area (Å²) in [7, 11) is 4.48. The van der Waals surface area contributed by atoms with Crippen LogP contribution >= 0.6 is 0 Å². The molecule has 1 aliphatic carbocycles. The van der Waals surface area contributed by atoms with Crippen LogP contribution in [-0.2, 0) is 19.1 Å². The van der Waals surface area contributed by atoms with E-state index in [4.69, 9.17) is 18.9 Å². The number of carbonyl (C=O) groups is 3. The molecule has 2 atom stereocenters. The van der Waals surface area contributed by atoms with Crippen molar-refractivity contribution >= 4 is 17.7 Å². The minimum Gasteiger partial charge on any atom is -0.493 e. The van der Waals surface area contributed by atoms with Gasteiger partial charge >= 0.3 is 11.9 Å². The van der Waals surface area contributed by atoms with Gasteiger partial charge in [0.1, 0.15) is 0 Å². The third-order valence-electron chi connectivity index (χ3n) is 6.87. The molecule has 37 heavy (non-hydrogen) atoms. The lowest BCUT2D eigenvalue weighted by molar-refractivity contribution is -0.138. The summed E-state index contributed by atoms with van der Waals surface area (Å²) < 4.78 is 21.0. The number of hydrogen-bond donors (Lipinski definition) is 1. The number of Topliss-reactive ketones (excluding diaryl/α,β-unsaturated/α-hetero) is 1. The van der Waals surface area contributed by atoms with Crippen LogP contribution in [-0.4, -0.2) is 45.7 Å². The molecule has 0 fully saturated rings. The number of rotatable bonds is 7. The van der Waals surface area contributed by atoms with Crippen molar-refractivity contribution in [3.63, 3.8) is 0 Å². The number of ketones is 1. The van der Waals surface area contributed by atoms with Gasteiger partial charge < -0.3 is 24.3 Å². The minimum absolute atomic E-state index is 0.0510. The molecule has 1 N–H and O–H groups in total. The lowest BCUT2D eigenvalue weighted by atomic mass is 9.71. The molecule has 0 radical (unpaired) electrons. The molecule has 8 nitrogen and oxygen atoms in total. The zero-order valence-electron chi connectivity index (χ0n) is 21.7. The zero-order valence-corrected chi connectivity index (χ0v) is 21.7. The van der Waals surface area contributed by atoms with Crippen LogP contribution in [0.15, 0.2) is 65.0 Å². The van der Waals surface area contributed by atoms with E-state index >= 15 is 0 Å². The van der Waals surface area contributed by atoms with E-state index in [0.717, 1.165) is 16.8 Å². The largest absolute Gasteiger partial charge is 0.493 e. The molecule has 4 rings (SSSR count). The van der Waals surface area contributed by atoms with E-state index in [2.05, 4.69) is 5.32 Å². The lowest BCUT2D eigenvalue weighted by Crippen LogP contribution is -2.36. The van der Waals surface area contributed by atoms with Crippen molar-refractivity contribution in [2.24, 2.45) is 0 Å². The van der Waals surface area contributed by atoms with Gasteiger partial charge in [-0.05, 0) is 61.6 Å². The number of carbonyl (C=O) groups excluding carboxylic acids is 3. The fourth-order valence-corrected chi connectivity index (χ4v) is 5.12. The highest BCUT2D eigenvalue weighted by Gasteiger charge is 2.41. The Morgan fingerprint density at radius 1 is 0.919 bits per heavy atom. The molecule has 0 amide bonds. The molecule has 2 aromatic carbocycles. The van der Waals surface area contributed by atoms with Crippen molar-refractivity contribution in [2.75, 3.05) is 27.9 Å². The summed E-state index contributed by atoms with van der Waals surface area (Å²) in [5.74, 6) is -0.439. The molecule has 1 aliphatic heterocycles. The number of dihydropyridines is 1. The van der Waals surface area contributed by atoms with E-state index in [0.29, 0.717) is 40.3 Å². The molecule has 0 saturated carbocycles. The second-order valence-electron chi connectivity index (χ2n) is 8.97. The van der Waals surface area contributed by atoms with Crippen LogP contribution in [0, 0.1) is 0 Å². The SMILES string of the molecule is CCOC(=O)C1=C(C)NC2=C(C(=O)C[C@H](c3ccc(OC)c(OC)c3)C2)[C@@H]1c1ccc(C(=O)OC)cc1. The quantitative estimate of drug-likeness (QED) is 0.552. The van der Waals surface area contributed by atoms with E-state index in [1.807, 2.05) is 25.1 Å². The van der Waals surface area contributed by atoms with Crippen molar-refractivity contribution in [1.82, 2.24) is 5.32 Å². The Kier molecular flexibility index (Phi) is 7.66. The van der Waals surface area contributed by atoms with Crippen molar-refractivity contribution in [3.05, 3.63) is 81.7 Å². The molecule has 194 valence electrons. The van der Waals surface area contributed by atoms with Gasteiger partial charge in [-0.3, -0.25) is 4.79 Å². The van der Waals surface area contributed by atoms with Crippen LogP contribution in [0.1, 0.15) is 60.0 Å². The first-order chi connectivity index (χ1) is 17.8. The molecule has 2 aliphatic rings. The smallest absolute Gasteiger partial charge is 0.337 e. The van der Waals surface area contributed by atoms with Crippen molar-refractivity contribution in [2.45, 2.75) is 38.5 Å². The Morgan fingerprint density at radius 3 is 2.22 bits per heavy atom. The van der Waals surface area contributed by atoms with Crippen LogP contribution in [0.5, 0.6) is 11.5 Å². The minimum atomic E-state index is -0.610. The molecule has 0 spiro atoms. The standard InChI is InChI=1S/C29H31NO7/c1-6-37-29(33)25-16(2)30-21-13-20(19-11-12-23(34-3)24(15-19)35-4)14-22(31)27(21)26(25)17-7-9-18(10-8-17)28(32)36-5/h7-12,15,20,26,30H,6,13-14H2,1-5H3/t20-,26-/m1/s1. The molecular weight excluding hydrogens is 474 g/mol. The zero-order chi connectivity index (χ0) is 26.7. The van der Waals surface area contributed by atoms with Crippen LogP contribution < -0.4 is 14.8 Å². The number of allylic oxidation sites excluding steroid dienone is 3. The fraction of sp³-hybridized carbons (Fsp3) is 0.345. The molecule has 0 bridgehead atoms. The van der Waals surface area contributed by atoms with Gasteiger partial charge in [0.2, 0.25) is 0 Å². The Morgan fingerprint density at radius 2 is 1.59 bits per heavy atom. The van der Waals surface area contributed by atoms with Crippen molar-refractivity contribution in [1.29, 1.82) is 0 Å². The maximum absolute atomic E-state index is 13.7. The molecular formula is C29H31NO7. The number of esters is 2. The summed E-state index contributed by atoms with van der Waals surface area (Å²) in [5, 5.41) is 3.34. The summed E-state index contributed by atoms with van der Waals surface area (Å²) >= 11 is 0. The molecule has 2 aromatic rings. The van der Waals surface area contributed by atoms with Crippen LogP contribution in [0.4, 0.5) is 0 Å². The van der Waals surface area contributed by atoms with E-state index < -0.39 is 17.9 Å². The summed E-state index contributed by atoms with van der Waals surface area (Å²) in [6.07, 6.45) is 0.864. The van der Waals surface area contributed by atoms with Gasteiger partial charge in [0.25, 0.3) is 0 Å². The lowest BCUT2D eigenvalue weighted by Gasteiger charge is -2.36. The molecule has 0 aromatic heterocycles. The summed E-state index contributed by atoms with van der Waals surface area (Å²) in [5.41, 5.74) is 4.44. The second-order valence-corrected chi connectivity index (χ2v) is 8.97. The normalized spacial score (nSPS) is 19.1. The number of methoxy groups -OCH3 is 3. The van der Waals surface area contributed by atoms with E-state index in [1.165, 1.54) is 7.11 Å². The molecule has 8 heteroatoms. The highest BCUT2D eigenvalue weighted by atomic mass is 16.5. The Hall–Kier alpha value is -4.07. The number of hydrogen-bond acceptors (Lipinski definition) is 8. The Balaban J connectivity index is 1.77.